The second-order valence-corrected chi connectivity index (χ2v) is 11.8. The minimum absolute atomic E-state index is 0.0679. The summed E-state index contributed by atoms with van der Waals surface area (Å²) < 4.78 is 4.71. The fourth-order valence-corrected chi connectivity index (χ4v) is 5.77. The third-order valence-corrected chi connectivity index (χ3v) is 8.40. The number of amides is 1. The first-order chi connectivity index (χ1) is 18.4. The Morgan fingerprint density at radius 1 is 1.18 bits per heavy atom. The molecule has 2 aliphatic rings. The van der Waals surface area contributed by atoms with E-state index in [1.54, 1.807) is 17.4 Å². The largest absolute Gasteiger partial charge is 0.439 e. The van der Waals surface area contributed by atoms with Gasteiger partial charge >= 0.3 is 5.76 Å². The number of aryl methyl sites for hydroxylation is 1. The molecule has 1 amide bonds. The summed E-state index contributed by atoms with van der Waals surface area (Å²) in [5, 5.41) is 8.39. The van der Waals surface area contributed by atoms with Crippen LogP contribution in [0, 0.1) is 12.8 Å². The molecule has 2 N–H and O–H groups in total. The monoisotopic (exact) mass is 549 g/mol. The lowest BCUT2D eigenvalue weighted by Crippen LogP contribution is -2.30. The van der Waals surface area contributed by atoms with Gasteiger partial charge in [0.2, 0.25) is 0 Å². The van der Waals surface area contributed by atoms with Crippen LogP contribution in [0.1, 0.15) is 59.6 Å². The molecule has 196 valence electrons. The van der Waals surface area contributed by atoms with Crippen molar-refractivity contribution in [3.63, 3.8) is 0 Å². The normalized spacial score (nSPS) is 15.9. The Balaban J connectivity index is 1.28. The molecular formula is C28H28ClN5O3S. The van der Waals surface area contributed by atoms with Gasteiger partial charge in [0.25, 0.3) is 5.91 Å². The Morgan fingerprint density at radius 3 is 2.61 bits per heavy atom. The van der Waals surface area contributed by atoms with Crippen LogP contribution in [0.2, 0.25) is 5.02 Å². The second-order valence-electron chi connectivity index (χ2n) is 10.2. The number of benzene rings is 2. The van der Waals surface area contributed by atoms with E-state index in [9.17, 15) is 9.59 Å². The maximum Gasteiger partial charge on any atom is 0.439 e. The summed E-state index contributed by atoms with van der Waals surface area (Å²) in [6, 6.07) is 14.1. The molecule has 8 nitrogen and oxygen atoms in total. The van der Waals surface area contributed by atoms with Crippen LogP contribution in [0.15, 0.2) is 51.8 Å². The number of thiazole rings is 1. The molecule has 0 aliphatic heterocycles. The molecule has 2 aliphatic carbocycles. The Bertz CT molecular complexity index is 1530. The van der Waals surface area contributed by atoms with E-state index in [0.717, 1.165) is 51.6 Å². The van der Waals surface area contributed by atoms with Crippen molar-refractivity contribution in [3.8, 4) is 22.5 Å². The highest BCUT2D eigenvalue weighted by atomic mass is 35.5. The van der Waals surface area contributed by atoms with Gasteiger partial charge in [0.05, 0.1) is 6.04 Å². The van der Waals surface area contributed by atoms with Gasteiger partial charge in [-0.05, 0) is 80.3 Å². The third-order valence-electron chi connectivity index (χ3n) is 7.16. The van der Waals surface area contributed by atoms with Crippen molar-refractivity contribution in [2.24, 2.45) is 5.92 Å². The van der Waals surface area contributed by atoms with Crippen molar-refractivity contribution in [3.05, 3.63) is 74.2 Å². The zero-order chi connectivity index (χ0) is 26.4. The van der Waals surface area contributed by atoms with Crippen molar-refractivity contribution in [2.45, 2.75) is 51.6 Å². The number of aromatic nitrogens is 3. The average Bonchev–Trinajstić information content (AvgIpc) is 3.83. The van der Waals surface area contributed by atoms with Crippen LogP contribution in [0.4, 0.5) is 5.13 Å². The number of carbonyl (C=O) groups is 1. The number of hydrogen-bond acceptors (Lipinski definition) is 7. The number of halogens is 1. The van der Waals surface area contributed by atoms with Crippen LogP contribution < -0.4 is 16.0 Å². The summed E-state index contributed by atoms with van der Waals surface area (Å²) in [5.41, 5.74) is 4.20. The number of hydrogen-bond donors (Lipinski definition) is 2. The maximum atomic E-state index is 12.7. The summed E-state index contributed by atoms with van der Waals surface area (Å²) in [7, 11) is 0. The van der Waals surface area contributed by atoms with E-state index in [1.165, 1.54) is 12.8 Å². The Labute approximate surface area is 229 Å². The van der Waals surface area contributed by atoms with Crippen LogP contribution >= 0.6 is 22.9 Å². The van der Waals surface area contributed by atoms with Crippen LogP contribution in [0.3, 0.4) is 0 Å². The molecule has 0 radical (unpaired) electrons. The predicted molar refractivity (Wildman–Crippen MR) is 149 cm³/mol. The molecule has 2 aromatic heterocycles. The molecule has 2 saturated carbocycles. The fraction of sp³-hybridized carbons (Fsp3) is 0.357. The van der Waals surface area contributed by atoms with Crippen LogP contribution in [-0.2, 0) is 0 Å². The molecule has 1 atom stereocenters. The van der Waals surface area contributed by atoms with Gasteiger partial charge in [-0.2, -0.15) is 0 Å². The smallest absolute Gasteiger partial charge is 0.348 e. The zero-order valence-electron chi connectivity index (χ0n) is 21.2. The summed E-state index contributed by atoms with van der Waals surface area (Å²) >= 11 is 7.90. The maximum absolute atomic E-state index is 12.7. The first kappa shape index (κ1) is 24.9. The summed E-state index contributed by atoms with van der Waals surface area (Å²) in [5.74, 6) is 0.340. The van der Waals surface area contributed by atoms with Crippen molar-refractivity contribution < 1.29 is 9.32 Å². The molecule has 2 aromatic carbocycles. The average molecular weight is 550 g/mol. The number of anilines is 1. The van der Waals surface area contributed by atoms with E-state index in [1.807, 2.05) is 19.1 Å². The van der Waals surface area contributed by atoms with Crippen LogP contribution in [-0.4, -0.2) is 33.6 Å². The second kappa shape index (κ2) is 10.0. The van der Waals surface area contributed by atoms with Gasteiger partial charge in [-0.15, -0.1) is 11.3 Å². The zero-order valence-corrected chi connectivity index (χ0v) is 22.7. The van der Waals surface area contributed by atoms with Gasteiger partial charge in [0, 0.05) is 28.0 Å². The Hall–Kier alpha value is -3.43. The number of H-pyrrole nitrogens is 1. The molecule has 0 bridgehead atoms. The summed E-state index contributed by atoms with van der Waals surface area (Å²) in [6.45, 7) is 5.07. The van der Waals surface area contributed by atoms with E-state index in [2.05, 4.69) is 51.5 Å². The van der Waals surface area contributed by atoms with E-state index in [0.29, 0.717) is 28.5 Å². The molecule has 0 spiro atoms. The van der Waals surface area contributed by atoms with Gasteiger partial charge in [-0.25, -0.2) is 9.78 Å². The van der Waals surface area contributed by atoms with Gasteiger partial charge in [-0.1, -0.05) is 41.0 Å². The van der Waals surface area contributed by atoms with Gasteiger partial charge < -0.3 is 10.2 Å². The molecule has 2 fully saturated rings. The third kappa shape index (κ3) is 5.26. The number of nitrogens with one attached hydrogen (secondary N) is 2. The summed E-state index contributed by atoms with van der Waals surface area (Å²) in [4.78, 5) is 35.0. The Kier molecular flexibility index (Phi) is 6.57. The van der Waals surface area contributed by atoms with E-state index in [-0.39, 0.29) is 11.9 Å². The lowest BCUT2D eigenvalue weighted by molar-refractivity contribution is 0.0946. The Morgan fingerprint density at radius 2 is 1.95 bits per heavy atom. The van der Waals surface area contributed by atoms with Gasteiger partial charge in [-0.3, -0.25) is 14.3 Å². The molecule has 10 heteroatoms. The molecule has 0 saturated heterocycles. The number of aromatic amines is 1. The summed E-state index contributed by atoms with van der Waals surface area (Å²) in [6.07, 6.45) is 4.55. The number of carbonyl (C=O) groups excluding carboxylic acids is 1. The minimum Gasteiger partial charge on any atom is -0.348 e. The van der Waals surface area contributed by atoms with Gasteiger partial charge in [0.15, 0.2) is 11.0 Å². The van der Waals surface area contributed by atoms with Crippen molar-refractivity contribution in [2.75, 3.05) is 11.4 Å². The SMILES string of the molecule is Cc1sc(N(CC2CC2)[C@H](C)c2ccc(-c3cc(Cl)ccc3-c3noc(=O)[nH]3)cc2)nc1C(=O)NC1CC1. The first-order valence-electron chi connectivity index (χ1n) is 12.9. The van der Waals surface area contributed by atoms with Crippen molar-refractivity contribution >= 4 is 34.0 Å². The molecule has 0 unspecified atom stereocenters. The fourth-order valence-electron chi connectivity index (χ4n) is 4.61. The minimum atomic E-state index is -0.605. The van der Waals surface area contributed by atoms with E-state index < -0.39 is 5.76 Å². The number of nitrogens with zero attached hydrogens (tertiary/aromatic N) is 3. The highest BCUT2D eigenvalue weighted by molar-refractivity contribution is 7.15. The standard InChI is InChI=1S/C28H28ClN5O3S/c1-15(34(14-17-3-4-17)27-31-24(16(2)38-27)26(35)30-21-10-11-21)18-5-7-19(8-6-18)23-13-20(29)9-12-22(23)25-32-28(36)37-33-25/h5-9,12-13,15,17,21H,3-4,10-11,14H2,1-2H3,(H,30,35)(H,32,33,36)/t15-/m1/s1. The van der Waals surface area contributed by atoms with E-state index in [4.69, 9.17) is 21.1 Å². The lowest BCUT2D eigenvalue weighted by atomic mass is 9.96. The van der Waals surface area contributed by atoms with Crippen LogP contribution in [0.25, 0.3) is 22.5 Å². The number of rotatable bonds is 9. The predicted octanol–water partition coefficient (Wildman–Crippen LogP) is 5.99. The van der Waals surface area contributed by atoms with Crippen LogP contribution in [0.5, 0.6) is 0 Å². The molecule has 38 heavy (non-hydrogen) atoms. The van der Waals surface area contributed by atoms with Gasteiger partial charge in [0.1, 0.15) is 5.69 Å². The molecular weight excluding hydrogens is 522 g/mol. The molecule has 6 rings (SSSR count). The quantitative estimate of drug-likeness (QED) is 0.266. The molecule has 2 heterocycles. The first-order valence-corrected chi connectivity index (χ1v) is 14.1. The van der Waals surface area contributed by atoms with Crippen molar-refractivity contribution in [1.29, 1.82) is 0 Å². The molecule has 4 aromatic rings. The highest BCUT2D eigenvalue weighted by Gasteiger charge is 2.31. The topological polar surface area (TPSA) is 104 Å². The van der Waals surface area contributed by atoms with E-state index >= 15 is 0 Å². The van der Waals surface area contributed by atoms with Crippen molar-refractivity contribution in [1.82, 2.24) is 20.4 Å². The highest BCUT2D eigenvalue weighted by Crippen LogP contribution is 2.39. The lowest BCUT2D eigenvalue weighted by Gasteiger charge is -2.29.